The molecule has 0 saturated heterocycles. The van der Waals surface area contributed by atoms with Crippen molar-refractivity contribution in [3.63, 3.8) is 0 Å². The van der Waals surface area contributed by atoms with Crippen LogP contribution in [0.3, 0.4) is 0 Å². The molecule has 6 heteroatoms. The van der Waals surface area contributed by atoms with Crippen LogP contribution in [0.2, 0.25) is 0 Å². The summed E-state index contributed by atoms with van der Waals surface area (Å²) in [4.78, 5) is 29.1. The number of hydrogen-bond donors (Lipinski definition) is 1. The molecule has 0 radical (unpaired) electrons. The molecule has 178 valence electrons. The summed E-state index contributed by atoms with van der Waals surface area (Å²) in [6.07, 6.45) is 7.26. The fourth-order valence-electron chi connectivity index (χ4n) is 5.03. The number of rotatable bonds is 6. The number of carbonyl (C=O) groups excluding carboxylic acids is 2. The zero-order chi connectivity index (χ0) is 23.6. The zero-order valence-electron chi connectivity index (χ0n) is 20.6. The maximum absolute atomic E-state index is 13.7. The second kappa shape index (κ2) is 9.32. The molecule has 1 saturated carbocycles. The van der Waals surface area contributed by atoms with E-state index in [0.717, 1.165) is 44.2 Å². The van der Waals surface area contributed by atoms with Crippen LogP contribution >= 0.6 is 0 Å². The van der Waals surface area contributed by atoms with Gasteiger partial charge in [0.2, 0.25) is 5.91 Å². The van der Waals surface area contributed by atoms with Gasteiger partial charge in [-0.3, -0.25) is 14.3 Å². The van der Waals surface area contributed by atoms with Gasteiger partial charge in [0, 0.05) is 18.0 Å². The van der Waals surface area contributed by atoms with Gasteiger partial charge in [-0.25, -0.2) is 0 Å². The normalized spacial score (nSPS) is 21.7. The van der Waals surface area contributed by atoms with E-state index < -0.39 is 5.54 Å². The van der Waals surface area contributed by atoms with E-state index in [4.69, 9.17) is 5.10 Å². The lowest BCUT2D eigenvalue weighted by Gasteiger charge is -2.44. The first-order chi connectivity index (χ1) is 15.7. The lowest BCUT2D eigenvalue weighted by molar-refractivity contribution is -0.134. The maximum atomic E-state index is 13.7. The highest BCUT2D eigenvalue weighted by Crippen LogP contribution is 2.31. The monoisotopic (exact) mass is 450 g/mol. The third kappa shape index (κ3) is 4.99. The summed E-state index contributed by atoms with van der Waals surface area (Å²) in [6.45, 7) is 9.12. The van der Waals surface area contributed by atoms with Crippen molar-refractivity contribution in [1.82, 2.24) is 20.0 Å². The number of amides is 2. The molecule has 1 fully saturated rings. The summed E-state index contributed by atoms with van der Waals surface area (Å²) in [5, 5.41) is 8.03. The number of hydrogen-bond acceptors (Lipinski definition) is 3. The quantitative estimate of drug-likeness (QED) is 0.706. The lowest BCUT2D eigenvalue weighted by Crippen LogP contribution is -2.65. The van der Waals surface area contributed by atoms with Gasteiger partial charge in [0.25, 0.3) is 5.91 Å². The van der Waals surface area contributed by atoms with Crippen LogP contribution in [0.15, 0.2) is 36.4 Å². The lowest BCUT2D eigenvalue weighted by atomic mass is 9.90. The highest BCUT2D eigenvalue weighted by Gasteiger charge is 2.48. The van der Waals surface area contributed by atoms with E-state index in [1.807, 2.05) is 31.2 Å². The summed E-state index contributed by atoms with van der Waals surface area (Å²) >= 11 is 0. The molecule has 1 aliphatic heterocycles. The van der Waals surface area contributed by atoms with Gasteiger partial charge in [0.05, 0.1) is 12.2 Å². The van der Waals surface area contributed by atoms with Gasteiger partial charge in [-0.2, -0.15) is 5.10 Å². The summed E-state index contributed by atoms with van der Waals surface area (Å²) in [6, 6.07) is 12.4. The first kappa shape index (κ1) is 23.5. The van der Waals surface area contributed by atoms with Crippen molar-refractivity contribution >= 4 is 11.8 Å². The number of nitrogens with one attached hydrogen (secondary N) is 1. The molecule has 33 heavy (non-hydrogen) atoms. The van der Waals surface area contributed by atoms with E-state index in [1.165, 1.54) is 12.0 Å². The van der Waals surface area contributed by atoms with Gasteiger partial charge in [-0.15, -0.1) is 0 Å². The molecular formula is C27H38N4O2. The Hall–Kier alpha value is -2.63. The Morgan fingerprint density at radius 1 is 1.15 bits per heavy atom. The molecule has 6 nitrogen and oxygen atoms in total. The van der Waals surface area contributed by atoms with Crippen LogP contribution < -0.4 is 5.32 Å². The Labute approximate surface area is 197 Å². The molecule has 2 heterocycles. The number of benzene rings is 1. The molecule has 4 rings (SSSR count). The fraction of sp³-hybridized carbons (Fsp3) is 0.593. The topological polar surface area (TPSA) is 67.2 Å². The first-order valence-electron chi connectivity index (χ1n) is 12.4. The predicted octanol–water partition coefficient (Wildman–Crippen LogP) is 4.48. The summed E-state index contributed by atoms with van der Waals surface area (Å²) in [5.74, 6) is -0.153. The molecule has 1 atom stereocenters. The largest absolute Gasteiger partial charge is 0.351 e. The van der Waals surface area contributed by atoms with Crippen molar-refractivity contribution < 1.29 is 9.59 Å². The average molecular weight is 451 g/mol. The predicted molar refractivity (Wildman–Crippen MR) is 130 cm³/mol. The van der Waals surface area contributed by atoms with E-state index in [1.54, 1.807) is 9.58 Å². The van der Waals surface area contributed by atoms with Gasteiger partial charge in [-0.1, -0.05) is 70.4 Å². The van der Waals surface area contributed by atoms with Crippen LogP contribution in [0.25, 0.3) is 0 Å². The Kier molecular flexibility index (Phi) is 6.64. The molecule has 2 aromatic rings. The van der Waals surface area contributed by atoms with Crippen LogP contribution in [0.4, 0.5) is 0 Å². The van der Waals surface area contributed by atoms with E-state index in [9.17, 15) is 9.59 Å². The second-order valence-corrected chi connectivity index (χ2v) is 11.0. The van der Waals surface area contributed by atoms with Crippen molar-refractivity contribution in [3.8, 4) is 0 Å². The minimum atomic E-state index is -0.959. The van der Waals surface area contributed by atoms with Gasteiger partial charge >= 0.3 is 0 Å². The molecule has 1 aliphatic carbocycles. The Bertz CT molecular complexity index is 985. The number of aromatic nitrogens is 2. The Morgan fingerprint density at radius 3 is 2.52 bits per heavy atom. The molecule has 1 N–H and O–H groups in total. The second-order valence-electron chi connectivity index (χ2n) is 11.0. The summed E-state index contributed by atoms with van der Waals surface area (Å²) in [5.41, 5.74) is 1.59. The molecule has 1 aromatic heterocycles. The number of fused-ring (bicyclic) bond motifs is 1. The van der Waals surface area contributed by atoms with Gasteiger partial charge in [-0.05, 0) is 44.2 Å². The molecule has 0 spiro atoms. The molecular weight excluding hydrogens is 412 g/mol. The van der Waals surface area contributed by atoms with Gasteiger partial charge < -0.3 is 10.2 Å². The molecule has 2 aliphatic rings. The molecule has 0 unspecified atom stereocenters. The Morgan fingerprint density at radius 2 is 1.85 bits per heavy atom. The van der Waals surface area contributed by atoms with Crippen LogP contribution in [0.1, 0.15) is 88.0 Å². The SMILES string of the molecule is CC(C)(C)c1cc2n(n1)C[C@@](C)(C(=O)NC1CCCCC1)N(CCCc1ccccc1)C2=O. The first-order valence-corrected chi connectivity index (χ1v) is 12.4. The van der Waals surface area contributed by atoms with Crippen LogP contribution in [-0.2, 0) is 23.2 Å². The van der Waals surface area contributed by atoms with Crippen molar-refractivity contribution in [3.05, 3.63) is 53.3 Å². The molecule has 0 bridgehead atoms. The summed E-state index contributed by atoms with van der Waals surface area (Å²) in [7, 11) is 0. The minimum Gasteiger partial charge on any atom is -0.351 e. The van der Waals surface area contributed by atoms with E-state index in [2.05, 4.69) is 38.2 Å². The molecule has 2 amide bonds. The highest BCUT2D eigenvalue weighted by molar-refractivity contribution is 5.99. The van der Waals surface area contributed by atoms with Crippen LogP contribution in [0.5, 0.6) is 0 Å². The molecule has 1 aromatic carbocycles. The maximum Gasteiger partial charge on any atom is 0.273 e. The average Bonchev–Trinajstić information content (AvgIpc) is 3.22. The van der Waals surface area contributed by atoms with Crippen molar-refractivity contribution in [2.75, 3.05) is 6.54 Å². The summed E-state index contributed by atoms with van der Waals surface area (Å²) < 4.78 is 1.76. The third-order valence-electron chi connectivity index (χ3n) is 7.19. The number of carbonyl (C=O) groups is 2. The highest BCUT2D eigenvalue weighted by atomic mass is 16.2. The van der Waals surface area contributed by atoms with Crippen molar-refractivity contribution in [2.45, 2.75) is 96.2 Å². The third-order valence-corrected chi connectivity index (χ3v) is 7.19. The fourth-order valence-corrected chi connectivity index (χ4v) is 5.03. The van der Waals surface area contributed by atoms with Gasteiger partial charge in [0.1, 0.15) is 11.2 Å². The van der Waals surface area contributed by atoms with E-state index >= 15 is 0 Å². The van der Waals surface area contributed by atoms with Crippen LogP contribution in [0, 0.1) is 0 Å². The smallest absolute Gasteiger partial charge is 0.273 e. The standard InChI is InChI=1S/C27H38N4O2/c1-26(2,3)23-18-22-24(32)30(17-11-14-20-12-7-5-8-13-20)27(4,19-31(22)29-23)25(33)28-21-15-9-6-10-16-21/h5,7-8,12-13,18,21H,6,9-11,14-17,19H2,1-4H3,(H,28,33)/t27-/m0/s1. The van der Waals surface area contributed by atoms with E-state index in [0.29, 0.717) is 18.8 Å². The van der Waals surface area contributed by atoms with Crippen molar-refractivity contribution in [2.24, 2.45) is 0 Å². The Balaban J connectivity index is 1.59. The number of aryl methyl sites for hydroxylation is 1. The number of nitrogens with zero attached hydrogens (tertiary/aromatic N) is 3. The zero-order valence-corrected chi connectivity index (χ0v) is 20.6. The van der Waals surface area contributed by atoms with E-state index in [-0.39, 0.29) is 23.3 Å². The minimum absolute atomic E-state index is 0.0547. The van der Waals surface area contributed by atoms with Crippen molar-refractivity contribution in [1.29, 1.82) is 0 Å². The van der Waals surface area contributed by atoms with Crippen LogP contribution in [-0.4, -0.2) is 44.6 Å². The van der Waals surface area contributed by atoms with Gasteiger partial charge in [0.15, 0.2) is 0 Å².